The van der Waals surface area contributed by atoms with Crippen LogP contribution in [0.3, 0.4) is 0 Å². The molecule has 0 aromatic heterocycles. The van der Waals surface area contributed by atoms with Crippen molar-refractivity contribution < 1.29 is 21.6 Å². The van der Waals surface area contributed by atoms with Crippen molar-refractivity contribution in [3.05, 3.63) is 59.2 Å². The number of hydrogen-bond acceptors (Lipinski definition) is 3. The Morgan fingerprint density at radius 2 is 1.71 bits per heavy atom. The van der Waals surface area contributed by atoms with Crippen molar-refractivity contribution in [2.75, 3.05) is 12.3 Å². The molecule has 2 aromatic carbocycles. The van der Waals surface area contributed by atoms with Crippen LogP contribution in [0, 0.1) is 6.92 Å². The average Bonchev–Trinajstić information content (AvgIpc) is 2.48. The SMILES string of the molecule is Cc1ccc(S(=O)(=O)NCCc2ccc(N)cc2)cc1C(F)(F)F. The number of nitrogens with one attached hydrogen (secondary N) is 1. The Morgan fingerprint density at radius 3 is 2.29 bits per heavy atom. The summed E-state index contributed by atoms with van der Waals surface area (Å²) in [6, 6.07) is 9.88. The molecule has 2 rings (SSSR count). The van der Waals surface area contributed by atoms with Crippen molar-refractivity contribution in [3.63, 3.8) is 0 Å². The quantitative estimate of drug-likeness (QED) is 0.807. The lowest BCUT2D eigenvalue weighted by Gasteiger charge is -2.13. The van der Waals surface area contributed by atoms with Crippen LogP contribution < -0.4 is 10.5 Å². The molecule has 0 bridgehead atoms. The zero-order valence-corrected chi connectivity index (χ0v) is 13.7. The minimum absolute atomic E-state index is 0.0247. The van der Waals surface area contributed by atoms with Gasteiger partial charge in [0.1, 0.15) is 0 Å². The van der Waals surface area contributed by atoms with Gasteiger partial charge in [0, 0.05) is 12.2 Å². The summed E-state index contributed by atoms with van der Waals surface area (Å²) in [7, 11) is -4.01. The second-order valence-corrected chi connectivity index (χ2v) is 7.13. The molecule has 0 radical (unpaired) electrons. The summed E-state index contributed by atoms with van der Waals surface area (Å²) >= 11 is 0. The van der Waals surface area contributed by atoms with Crippen LogP contribution in [0.15, 0.2) is 47.4 Å². The van der Waals surface area contributed by atoms with Gasteiger partial charge in [-0.25, -0.2) is 13.1 Å². The Morgan fingerprint density at radius 1 is 1.08 bits per heavy atom. The number of nitrogens with two attached hydrogens (primary N) is 1. The van der Waals surface area contributed by atoms with E-state index in [1.54, 1.807) is 24.3 Å². The zero-order chi connectivity index (χ0) is 18.0. The van der Waals surface area contributed by atoms with Crippen molar-refractivity contribution in [1.29, 1.82) is 0 Å². The van der Waals surface area contributed by atoms with E-state index >= 15 is 0 Å². The van der Waals surface area contributed by atoms with Crippen molar-refractivity contribution in [1.82, 2.24) is 4.72 Å². The first-order chi connectivity index (χ1) is 11.1. The molecular formula is C16H17F3N2O2S. The van der Waals surface area contributed by atoms with Crippen molar-refractivity contribution in [2.45, 2.75) is 24.4 Å². The van der Waals surface area contributed by atoms with E-state index in [2.05, 4.69) is 4.72 Å². The molecule has 2 aromatic rings. The molecule has 0 fully saturated rings. The summed E-state index contributed by atoms with van der Waals surface area (Å²) in [6.45, 7) is 1.36. The van der Waals surface area contributed by atoms with Gasteiger partial charge in [0.15, 0.2) is 0 Å². The largest absolute Gasteiger partial charge is 0.416 e. The van der Waals surface area contributed by atoms with Gasteiger partial charge in [-0.05, 0) is 48.7 Å². The minimum Gasteiger partial charge on any atom is -0.399 e. The van der Waals surface area contributed by atoms with Gasteiger partial charge in [-0.2, -0.15) is 13.2 Å². The molecule has 0 unspecified atom stereocenters. The van der Waals surface area contributed by atoms with Crippen LogP contribution in [-0.2, 0) is 22.6 Å². The molecule has 4 nitrogen and oxygen atoms in total. The third-order valence-corrected chi connectivity index (χ3v) is 4.97. The van der Waals surface area contributed by atoms with E-state index in [0.29, 0.717) is 18.2 Å². The third kappa shape index (κ3) is 4.48. The highest BCUT2D eigenvalue weighted by atomic mass is 32.2. The first kappa shape index (κ1) is 18.3. The molecule has 0 heterocycles. The first-order valence-corrected chi connectivity index (χ1v) is 8.60. The van der Waals surface area contributed by atoms with Crippen LogP contribution in [0.25, 0.3) is 0 Å². The van der Waals surface area contributed by atoms with Crippen LogP contribution in [0.2, 0.25) is 0 Å². The average molecular weight is 358 g/mol. The van der Waals surface area contributed by atoms with Crippen LogP contribution in [0.1, 0.15) is 16.7 Å². The van der Waals surface area contributed by atoms with Crippen LogP contribution in [0.5, 0.6) is 0 Å². The number of alkyl halides is 3. The van der Waals surface area contributed by atoms with Gasteiger partial charge in [-0.1, -0.05) is 18.2 Å². The van der Waals surface area contributed by atoms with E-state index in [1.807, 2.05) is 0 Å². The highest BCUT2D eigenvalue weighted by Crippen LogP contribution is 2.33. The summed E-state index contributed by atoms with van der Waals surface area (Å²) < 4.78 is 65.3. The van der Waals surface area contributed by atoms with E-state index < -0.39 is 26.7 Å². The number of sulfonamides is 1. The second-order valence-electron chi connectivity index (χ2n) is 5.36. The summed E-state index contributed by atoms with van der Waals surface area (Å²) in [4.78, 5) is -0.405. The van der Waals surface area contributed by atoms with Gasteiger partial charge < -0.3 is 5.73 Å². The standard InChI is InChI=1S/C16H17F3N2O2S/c1-11-2-7-14(10-15(11)16(17,18)19)24(22,23)21-9-8-12-3-5-13(20)6-4-12/h2-7,10,21H,8-9,20H2,1H3. The first-order valence-electron chi connectivity index (χ1n) is 7.11. The Hall–Kier alpha value is -2.06. The smallest absolute Gasteiger partial charge is 0.399 e. The highest BCUT2D eigenvalue weighted by molar-refractivity contribution is 7.89. The Balaban J connectivity index is 2.11. The highest BCUT2D eigenvalue weighted by Gasteiger charge is 2.33. The molecule has 0 spiro atoms. The topological polar surface area (TPSA) is 72.2 Å². The van der Waals surface area contributed by atoms with E-state index in [9.17, 15) is 21.6 Å². The fraction of sp³-hybridized carbons (Fsp3) is 0.250. The van der Waals surface area contributed by atoms with E-state index in [4.69, 9.17) is 5.73 Å². The number of benzene rings is 2. The number of anilines is 1. The maximum Gasteiger partial charge on any atom is 0.416 e. The monoisotopic (exact) mass is 358 g/mol. The Bertz CT molecular complexity index is 816. The molecule has 0 aliphatic rings. The van der Waals surface area contributed by atoms with E-state index in [-0.39, 0.29) is 12.1 Å². The lowest BCUT2D eigenvalue weighted by Crippen LogP contribution is -2.26. The van der Waals surface area contributed by atoms with Gasteiger partial charge in [0.25, 0.3) is 0 Å². The number of halogens is 3. The predicted molar refractivity (Wildman–Crippen MR) is 85.9 cm³/mol. The summed E-state index contributed by atoms with van der Waals surface area (Å²) in [5.74, 6) is 0. The van der Waals surface area contributed by atoms with Crippen molar-refractivity contribution in [3.8, 4) is 0 Å². The molecule has 0 aliphatic heterocycles. The number of aryl methyl sites for hydroxylation is 1. The normalized spacial score (nSPS) is 12.3. The van der Waals surface area contributed by atoms with Crippen molar-refractivity contribution >= 4 is 15.7 Å². The van der Waals surface area contributed by atoms with Gasteiger partial charge in [-0.15, -0.1) is 0 Å². The molecule has 8 heteroatoms. The molecule has 130 valence electrons. The van der Waals surface area contributed by atoms with Gasteiger partial charge in [-0.3, -0.25) is 0 Å². The zero-order valence-electron chi connectivity index (χ0n) is 12.9. The van der Waals surface area contributed by atoms with Gasteiger partial charge in [0.2, 0.25) is 10.0 Å². The van der Waals surface area contributed by atoms with E-state index in [1.165, 1.54) is 6.92 Å². The molecule has 0 saturated carbocycles. The molecule has 0 saturated heterocycles. The van der Waals surface area contributed by atoms with Gasteiger partial charge >= 0.3 is 6.18 Å². The minimum atomic E-state index is -4.60. The maximum absolute atomic E-state index is 12.9. The van der Waals surface area contributed by atoms with Crippen LogP contribution in [0.4, 0.5) is 18.9 Å². The third-order valence-electron chi connectivity index (χ3n) is 3.51. The number of nitrogen functional groups attached to an aromatic ring is 1. The predicted octanol–water partition coefficient (Wildman–Crippen LogP) is 3.12. The molecule has 3 N–H and O–H groups in total. The fourth-order valence-electron chi connectivity index (χ4n) is 2.17. The summed E-state index contributed by atoms with van der Waals surface area (Å²) in [6.07, 6.45) is -4.20. The maximum atomic E-state index is 12.9. The lowest BCUT2D eigenvalue weighted by atomic mass is 10.1. The molecule has 24 heavy (non-hydrogen) atoms. The lowest BCUT2D eigenvalue weighted by molar-refractivity contribution is -0.138. The number of rotatable bonds is 5. The summed E-state index contributed by atoms with van der Waals surface area (Å²) in [5, 5.41) is 0. The Kier molecular flexibility index (Phi) is 5.19. The van der Waals surface area contributed by atoms with E-state index in [0.717, 1.165) is 17.7 Å². The second kappa shape index (κ2) is 6.82. The number of hydrogen-bond donors (Lipinski definition) is 2. The van der Waals surface area contributed by atoms with Crippen LogP contribution >= 0.6 is 0 Å². The van der Waals surface area contributed by atoms with Gasteiger partial charge in [0.05, 0.1) is 10.5 Å². The van der Waals surface area contributed by atoms with Crippen molar-refractivity contribution in [2.24, 2.45) is 0 Å². The Labute approximate surface area is 138 Å². The molecule has 0 atom stereocenters. The fourth-order valence-corrected chi connectivity index (χ4v) is 3.23. The summed E-state index contributed by atoms with van der Waals surface area (Å²) in [5.41, 5.74) is 6.04. The van der Waals surface area contributed by atoms with Crippen LogP contribution in [-0.4, -0.2) is 15.0 Å². The molecule has 0 amide bonds. The molecular weight excluding hydrogens is 341 g/mol. The molecule has 0 aliphatic carbocycles.